The third-order valence-corrected chi connectivity index (χ3v) is 3.79. The summed E-state index contributed by atoms with van der Waals surface area (Å²) in [6.45, 7) is 2.64. The van der Waals surface area contributed by atoms with Crippen LogP contribution in [-0.2, 0) is 6.54 Å². The third kappa shape index (κ3) is 2.69. The number of nitrogens with zero attached hydrogens (tertiary/aromatic N) is 1. The lowest BCUT2D eigenvalue weighted by atomic mass is 10.1. The summed E-state index contributed by atoms with van der Waals surface area (Å²) in [4.78, 5) is 11.3. The number of fused-ring (bicyclic) bond motifs is 1. The van der Waals surface area contributed by atoms with Gasteiger partial charge in [-0.25, -0.2) is 4.39 Å². The fraction of sp³-hybridized carbons (Fsp3) is 0.118. The van der Waals surface area contributed by atoms with E-state index in [9.17, 15) is 9.18 Å². The highest BCUT2D eigenvalue weighted by Crippen LogP contribution is 2.24. The van der Waals surface area contributed by atoms with E-state index in [0.29, 0.717) is 12.1 Å². The van der Waals surface area contributed by atoms with Gasteiger partial charge in [0.25, 0.3) is 5.24 Å². The first kappa shape index (κ1) is 13.8. The standard InChI is InChI=1S/C17H13ClFNO/c1-11-9-20(10-12-2-5-14(19)6-3-12)16-8-13(17(18)21)4-7-15(11)16/h2-9H,10H2,1H3. The van der Waals surface area contributed by atoms with Crippen molar-refractivity contribution in [1.29, 1.82) is 0 Å². The summed E-state index contributed by atoms with van der Waals surface area (Å²) < 4.78 is 15.0. The van der Waals surface area contributed by atoms with Crippen molar-refractivity contribution in [2.24, 2.45) is 0 Å². The lowest BCUT2D eigenvalue weighted by Gasteiger charge is -2.06. The van der Waals surface area contributed by atoms with Crippen molar-refractivity contribution in [3.05, 3.63) is 71.2 Å². The maximum absolute atomic E-state index is 13.0. The van der Waals surface area contributed by atoms with Gasteiger partial charge in [-0.15, -0.1) is 0 Å². The zero-order valence-electron chi connectivity index (χ0n) is 11.4. The highest BCUT2D eigenvalue weighted by Gasteiger charge is 2.09. The van der Waals surface area contributed by atoms with E-state index in [4.69, 9.17) is 11.6 Å². The second-order valence-corrected chi connectivity index (χ2v) is 5.42. The summed E-state index contributed by atoms with van der Waals surface area (Å²) in [7, 11) is 0. The van der Waals surface area contributed by atoms with Crippen LogP contribution in [0.5, 0.6) is 0 Å². The first-order valence-corrected chi connectivity index (χ1v) is 6.96. The van der Waals surface area contributed by atoms with E-state index >= 15 is 0 Å². The highest BCUT2D eigenvalue weighted by molar-refractivity contribution is 6.67. The topological polar surface area (TPSA) is 22.0 Å². The molecule has 21 heavy (non-hydrogen) atoms. The number of aryl methyl sites for hydroxylation is 1. The fourth-order valence-corrected chi connectivity index (χ4v) is 2.63. The van der Waals surface area contributed by atoms with Gasteiger partial charge in [-0.1, -0.05) is 18.2 Å². The summed E-state index contributed by atoms with van der Waals surface area (Å²) >= 11 is 5.55. The van der Waals surface area contributed by atoms with Crippen LogP contribution in [0.1, 0.15) is 21.5 Å². The van der Waals surface area contributed by atoms with Crippen molar-refractivity contribution in [2.45, 2.75) is 13.5 Å². The van der Waals surface area contributed by atoms with Gasteiger partial charge in [0.2, 0.25) is 0 Å². The molecule has 0 bridgehead atoms. The summed E-state index contributed by atoms with van der Waals surface area (Å²) in [5.41, 5.74) is 3.54. The van der Waals surface area contributed by atoms with Crippen LogP contribution < -0.4 is 0 Å². The molecular weight excluding hydrogens is 289 g/mol. The summed E-state index contributed by atoms with van der Waals surface area (Å²) in [6, 6.07) is 11.8. The fourth-order valence-electron chi connectivity index (χ4n) is 2.52. The Labute approximate surface area is 126 Å². The number of rotatable bonds is 3. The molecule has 0 saturated carbocycles. The van der Waals surface area contributed by atoms with Crippen LogP contribution in [0.25, 0.3) is 10.9 Å². The van der Waals surface area contributed by atoms with Crippen LogP contribution in [0.2, 0.25) is 0 Å². The quantitative estimate of drug-likeness (QED) is 0.652. The van der Waals surface area contributed by atoms with Gasteiger partial charge in [0.1, 0.15) is 5.82 Å². The molecule has 0 atom stereocenters. The van der Waals surface area contributed by atoms with Crippen LogP contribution in [0.3, 0.4) is 0 Å². The molecule has 2 nitrogen and oxygen atoms in total. The Morgan fingerprint density at radius 3 is 2.57 bits per heavy atom. The monoisotopic (exact) mass is 301 g/mol. The van der Waals surface area contributed by atoms with Crippen LogP contribution in [0.15, 0.2) is 48.7 Å². The summed E-state index contributed by atoms with van der Waals surface area (Å²) in [5.74, 6) is -0.248. The number of hydrogen-bond donors (Lipinski definition) is 0. The molecule has 0 fully saturated rings. The van der Waals surface area contributed by atoms with E-state index < -0.39 is 5.24 Å². The molecule has 0 aliphatic carbocycles. The third-order valence-electron chi connectivity index (χ3n) is 3.57. The van der Waals surface area contributed by atoms with Gasteiger partial charge in [0.15, 0.2) is 0 Å². The molecule has 3 aromatic rings. The van der Waals surface area contributed by atoms with Gasteiger partial charge < -0.3 is 4.57 Å². The van der Waals surface area contributed by atoms with Crippen molar-refractivity contribution in [3.63, 3.8) is 0 Å². The zero-order valence-corrected chi connectivity index (χ0v) is 12.2. The first-order valence-electron chi connectivity index (χ1n) is 6.58. The number of benzene rings is 2. The average Bonchev–Trinajstić information content (AvgIpc) is 2.77. The minimum Gasteiger partial charge on any atom is -0.343 e. The number of halogens is 2. The molecule has 0 radical (unpaired) electrons. The molecule has 1 aromatic heterocycles. The van der Waals surface area contributed by atoms with E-state index in [1.807, 2.05) is 23.8 Å². The van der Waals surface area contributed by atoms with Crippen LogP contribution >= 0.6 is 11.6 Å². The molecule has 0 amide bonds. The van der Waals surface area contributed by atoms with Gasteiger partial charge in [-0.3, -0.25) is 4.79 Å². The molecule has 0 spiro atoms. The number of carbonyl (C=O) groups excluding carboxylic acids is 1. The number of aromatic nitrogens is 1. The molecule has 0 aliphatic heterocycles. The Morgan fingerprint density at radius 1 is 1.19 bits per heavy atom. The minimum absolute atomic E-state index is 0.248. The predicted molar refractivity (Wildman–Crippen MR) is 82.4 cm³/mol. The molecule has 0 unspecified atom stereocenters. The second-order valence-electron chi connectivity index (χ2n) is 5.07. The second kappa shape index (κ2) is 5.34. The van der Waals surface area contributed by atoms with E-state index in [2.05, 4.69) is 0 Å². The first-order chi connectivity index (χ1) is 10.0. The molecule has 0 saturated heterocycles. The van der Waals surface area contributed by atoms with E-state index in [-0.39, 0.29) is 5.82 Å². The summed E-state index contributed by atoms with van der Waals surface area (Å²) in [5, 5.41) is 0.614. The van der Waals surface area contributed by atoms with Crippen LogP contribution in [0.4, 0.5) is 4.39 Å². The molecule has 0 aliphatic rings. The number of hydrogen-bond acceptors (Lipinski definition) is 1. The largest absolute Gasteiger partial charge is 0.343 e. The van der Waals surface area contributed by atoms with Gasteiger partial charge in [-0.05, 0) is 53.9 Å². The maximum Gasteiger partial charge on any atom is 0.252 e. The van der Waals surface area contributed by atoms with Crippen molar-refractivity contribution in [3.8, 4) is 0 Å². The van der Waals surface area contributed by atoms with Gasteiger partial charge >= 0.3 is 0 Å². The summed E-state index contributed by atoms with van der Waals surface area (Å²) in [6.07, 6.45) is 2.02. The van der Waals surface area contributed by atoms with Gasteiger partial charge in [-0.2, -0.15) is 0 Å². The van der Waals surface area contributed by atoms with Gasteiger partial charge in [0, 0.05) is 29.2 Å². The van der Waals surface area contributed by atoms with Crippen molar-refractivity contribution < 1.29 is 9.18 Å². The van der Waals surface area contributed by atoms with E-state index in [0.717, 1.165) is 22.0 Å². The molecule has 0 N–H and O–H groups in total. The van der Waals surface area contributed by atoms with Crippen molar-refractivity contribution >= 4 is 27.7 Å². The Bertz CT molecular complexity index is 821. The molecular formula is C17H13ClFNO. The SMILES string of the molecule is Cc1cn(Cc2ccc(F)cc2)c2cc(C(=O)Cl)ccc12. The Kier molecular flexibility index (Phi) is 3.52. The number of carbonyl (C=O) groups is 1. The predicted octanol–water partition coefficient (Wildman–Crippen LogP) is 4.52. The Hall–Kier alpha value is -2.13. The van der Waals surface area contributed by atoms with Crippen LogP contribution in [-0.4, -0.2) is 9.81 Å². The minimum atomic E-state index is -0.468. The smallest absolute Gasteiger partial charge is 0.252 e. The van der Waals surface area contributed by atoms with Gasteiger partial charge in [0.05, 0.1) is 0 Å². The lowest BCUT2D eigenvalue weighted by molar-refractivity contribution is 0.108. The molecule has 1 heterocycles. The molecule has 106 valence electrons. The van der Waals surface area contributed by atoms with E-state index in [1.165, 1.54) is 12.1 Å². The molecule has 2 aromatic carbocycles. The molecule has 4 heteroatoms. The zero-order chi connectivity index (χ0) is 15.0. The Balaban J connectivity index is 2.07. The lowest BCUT2D eigenvalue weighted by Crippen LogP contribution is -1.99. The normalized spacial score (nSPS) is 11.0. The van der Waals surface area contributed by atoms with E-state index in [1.54, 1.807) is 24.3 Å². The Morgan fingerprint density at radius 2 is 1.90 bits per heavy atom. The van der Waals surface area contributed by atoms with Crippen LogP contribution in [0, 0.1) is 12.7 Å². The van der Waals surface area contributed by atoms with Crippen molar-refractivity contribution in [2.75, 3.05) is 0 Å². The highest BCUT2D eigenvalue weighted by atomic mass is 35.5. The van der Waals surface area contributed by atoms with Crippen molar-refractivity contribution in [1.82, 2.24) is 4.57 Å². The molecule has 3 rings (SSSR count). The maximum atomic E-state index is 13.0. The average molecular weight is 302 g/mol.